The number of methoxy groups -OCH3 is 1. The number of anilines is 1. The van der Waals surface area contributed by atoms with Gasteiger partial charge in [-0.1, -0.05) is 12.1 Å². The van der Waals surface area contributed by atoms with Crippen molar-refractivity contribution < 1.29 is 14.3 Å². The summed E-state index contributed by atoms with van der Waals surface area (Å²) in [5, 5.41) is 12.0. The first kappa shape index (κ1) is 21.1. The summed E-state index contributed by atoms with van der Waals surface area (Å²) in [5.41, 5.74) is 4.78. The van der Waals surface area contributed by atoms with Gasteiger partial charge in [0.2, 0.25) is 5.91 Å². The number of benzene rings is 3. The van der Waals surface area contributed by atoms with E-state index >= 15 is 0 Å². The second kappa shape index (κ2) is 9.34. The van der Waals surface area contributed by atoms with Gasteiger partial charge in [0.1, 0.15) is 22.5 Å². The molecule has 162 valence electrons. The Morgan fingerprint density at radius 2 is 1.66 bits per heavy atom. The minimum Gasteiger partial charge on any atom is -0.497 e. The van der Waals surface area contributed by atoms with Gasteiger partial charge in [-0.3, -0.25) is 4.79 Å². The minimum absolute atomic E-state index is 0.220. The van der Waals surface area contributed by atoms with Crippen LogP contribution in [0.2, 0.25) is 0 Å². The van der Waals surface area contributed by atoms with Crippen molar-refractivity contribution in [1.29, 1.82) is 0 Å². The molecule has 0 aliphatic heterocycles. The molecule has 1 aromatic heterocycles. The largest absolute Gasteiger partial charge is 0.497 e. The number of hydrogen-bond donors (Lipinski definition) is 1. The number of ether oxygens (including phenoxy) is 2. The zero-order valence-corrected chi connectivity index (χ0v) is 18.2. The molecule has 0 fully saturated rings. The van der Waals surface area contributed by atoms with Crippen LogP contribution in [0.25, 0.3) is 22.8 Å². The highest BCUT2D eigenvalue weighted by Crippen LogP contribution is 2.23. The number of hydrogen-bond acceptors (Lipinski definition) is 5. The van der Waals surface area contributed by atoms with Crippen molar-refractivity contribution in [3.63, 3.8) is 0 Å². The molecule has 7 nitrogen and oxygen atoms in total. The van der Waals surface area contributed by atoms with Crippen LogP contribution in [0.4, 0.5) is 5.69 Å². The van der Waals surface area contributed by atoms with Gasteiger partial charge in [0, 0.05) is 11.8 Å². The molecule has 1 heterocycles. The van der Waals surface area contributed by atoms with Crippen molar-refractivity contribution in [2.45, 2.75) is 13.8 Å². The molecular weight excluding hydrogens is 404 g/mol. The second-order valence-electron chi connectivity index (χ2n) is 7.17. The summed E-state index contributed by atoms with van der Waals surface area (Å²) in [6.07, 6.45) is 3.26. The minimum atomic E-state index is -0.220. The first-order valence-corrected chi connectivity index (χ1v) is 10.3. The van der Waals surface area contributed by atoms with E-state index in [1.165, 1.54) is 6.08 Å². The molecule has 1 N–H and O–H groups in total. The molecule has 1 amide bonds. The average molecular weight is 428 g/mol. The van der Waals surface area contributed by atoms with E-state index in [0.717, 1.165) is 33.8 Å². The molecule has 0 aliphatic rings. The number of carbonyl (C=O) groups is 1. The quantitative estimate of drug-likeness (QED) is 0.428. The number of rotatable bonds is 7. The monoisotopic (exact) mass is 428 g/mol. The maximum absolute atomic E-state index is 12.4. The number of carbonyl (C=O) groups excluding carboxylic acids is 1. The Kier molecular flexibility index (Phi) is 6.17. The Morgan fingerprint density at radius 1 is 1.00 bits per heavy atom. The van der Waals surface area contributed by atoms with Gasteiger partial charge in [-0.2, -0.15) is 4.80 Å². The van der Waals surface area contributed by atoms with Crippen LogP contribution < -0.4 is 14.8 Å². The molecule has 32 heavy (non-hydrogen) atoms. The van der Waals surface area contributed by atoms with Crippen LogP contribution in [-0.4, -0.2) is 34.6 Å². The van der Waals surface area contributed by atoms with E-state index in [2.05, 4.69) is 15.5 Å². The fourth-order valence-electron chi connectivity index (χ4n) is 3.22. The molecule has 0 radical (unpaired) electrons. The Labute approximate surface area is 186 Å². The number of nitrogens with one attached hydrogen (secondary N) is 1. The Morgan fingerprint density at radius 3 is 2.31 bits per heavy atom. The van der Waals surface area contributed by atoms with Gasteiger partial charge in [-0.25, -0.2) is 0 Å². The average Bonchev–Trinajstić information content (AvgIpc) is 3.21. The van der Waals surface area contributed by atoms with Crippen LogP contribution in [0.3, 0.4) is 0 Å². The first-order valence-electron chi connectivity index (χ1n) is 10.3. The molecule has 4 aromatic rings. The summed E-state index contributed by atoms with van der Waals surface area (Å²) < 4.78 is 10.6. The van der Waals surface area contributed by atoms with E-state index in [9.17, 15) is 4.79 Å². The van der Waals surface area contributed by atoms with Crippen LogP contribution in [-0.2, 0) is 4.79 Å². The molecule has 0 bridgehead atoms. The van der Waals surface area contributed by atoms with Gasteiger partial charge in [0.25, 0.3) is 0 Å². The van der Waals surface area contributed by atoms with Gasteiger partial charge < -0.3 is 14.8 Å². The van der Waals surface area contributed by atoms with Crippen molar-refractivity contribution >= 4 is 28.7 Å². The topological polar surface area (TPSA) is 78.3 Å². The smallest absolute Gasteiger partial charge is 0.248 e. The van der Waals surface area contributed by atoms with Gasteiger partial charge in [-0.15, -0.1) is 10.2 Å². The number of aromatic nitrogens is 3. The summed E-state index contributed by atoms with van der Waals surface area (Å²) in [5.74, 6) is 1.35. The summed E-state index contributed by atoms with van der Waals surface area (Å²) in [6.45, 7) is 4.49. The number of nitrogens with zero attached hydrogens (tertiary/aromatic N) is 3. The van der Waals surface area contributed by atoms with E-state index in [1.807, 2.05) is 74.5 Å². The van der Waals surface area contributed by atoms with E-state index < -0.39 is 0 Å². The first-order chi connectivity index (χ1) is 15.6. The van der Waals surface area contributed by atoms with Crippen LogP contribution in [0.1, 0.15) is 18.1 Å². The lowest BCUT2D eigenvalue weighted by molar-refractivity contribution is -0.111. The molecule has 0 saturated heterocycles. The standard InChI is InChI=1S/C25H24N4O3/c1-4-32-21-12-8-19(9-13-21)29-27-23-15-17(2)22(16-24(23)28-29)26-25(30)14-7-18-5-10-20(31-3)11-6-18/h5-16H,4H2,1-3H3,(H,26,30). The molecule has 0 unspecified atom stereocenters. The lowest BCUT2D eigenvalue weighted by atomic mass is 10.1. The predicted octanol–water partition coefficient (Wildman–Crippen LogP) is 4.79. The van der Waals surface area contributed by atoms with E-state index in [4.69, 9.17) is 9.47 Å². The Balaban J connectivity index is 1.50. The molecule has 0 aliphatic carbocycles. The predicted molar refractivity (Wildman–Crippen MR) is 125 cm³/mol. The van der Waals surface area contributed by atoms with Crippen LogP contribution in [0.5, 0.6) is 11.5 Å². The van der Waals surface area contributed by atoms with E-state index in [1.54, 1.807) is 18.0 Å². The fraction of sp³-hybridized carbons (Fsp3) is 0.160. The van der Waals surface area contributed by atoms with Crippen molar-refractivity contribution in [1.82, 2.24) is 15.0 Å². The Bertz CT molecular complexity index is 1260. The maximum Gasteiger partial charge on any atom is 0.248 e. The number of aryl methyl sites for hydroxylation is 1. The highest BCUT2D eigenvalue weighted by atomic mass is 16.5. The highest BCUT2D eigenvalue weighted by molar-refractivity contribution is 6.03. The third kappa shape index (κ3) is 4.78. The summed E-state index contributed by atoms with van der Waals surface area (Å²) in [6, 6.07) is 18.8. The molecule has 4 rings (SSSR count). The number of amides is 1. The lowest BCUT2D eigenvalue weighted by Crippen LogP contribution is -2.08. The van der Waals surface area contributed by atoms with Crippen LogP contribution in [0, 0.1) is 6.92 Å². The summed E-state index contributed by atoms with van der Waals surface area (Å²) in [4.78, 5) is 14.0. The SMILES string of the molecule is CCOc1ccc(-n2nc3cc(C)c(NC(=O)C=Cc4ccc(OC)cc4)cc3n2)cc1. The molecule has 3 aromatic carbocycles. The number of fused-ring (bicyclic) bond motifs is 1. The summed E-state index contributed by atoms with van der Waals surface area (Å²) >= 11 is 0. The molecular formula is C25H24N4O3. The third-order valence-corrected chi connectivity index (χ3v) is 4.91. The molecule has 0 atom stereocenters. The second-order valence-corrected chi connectivity index (χ2v) is 7.17. The van der Waals surface area contributed by atoms with Crippen LogP contribution in [0.15, 0.2) is 66.7 Å². The van der Waals surface area contributed by atoms with E-state index in [0.29, 0.717) is 17.8 Å². The van der Waals surface area contributed by atoms with Crippen molar-refractivity contribution in [2.24, 2.45) is 0 Å². The fourth-order valence-corrected chi connectivity index (χ4v) is 3.22. The molecule has 7 heteroatoms. The van der Waals surface area contributed by atoms with Crippen molar-refractivity contribution in [3.05, 3.63) is 77.9 Å². The normalized spacial score (nSPS) is 11.1. The maximum atomic E-state index is 12.4. The van der Waals surface area contributed by atoms with Crippen molar-refractivity contribution in [2.75, 3.05) is 19.0 Å². The zero-order chi connectivity index (χ0) is 22.5. The van der Waals surface area contributed by atoms with Gasteiger partial charge >= 0.3 is 0 Å². The molecule has 0 saturated carbocycles. The van der Waals surface area contributed by atoms with Gasteiger partial charge in [0.05, 0.1) is 19.4 Å². The van der Waals surface area contributed by atoms with E-state index in [-0.39, 0.29) is 5.91 Å². The van der Waals surface area contributed by atoms with Crippen LogP contribution >= 0.6 is 0 Å². The van der Waals surface area contributed by atoms with Gasteiger partial charge in [-0.05, 0) is 79.6 Å². The third-order valence-electron chi connectivity index (χ3n) is 4.91. The summed E-state index contributed by atoms with van der Waals surface area (Å²) in [7, 11) is 1.62. The highest BCUT2D eigenvalue weighted by Gasteiger charge is 2.10. The zero-order valence-electron chi connectivity index (χ0n) is 18.2. The van der Waals surface area contributed by atoms with Crippen molar-refractivity contribution in [3.8, 4) is 17.2 Å². The lowest BCUT2D eigenvalue weighted by Gasteiger charge is -2.05. The molecule has 0 spiro atoms. The Hall–Kier alpha value is -4.13. The van der Waals surface area contributed by atoms with Gasteiger partial charge in [0.15, 0.2) is 0 Å².